The third kappa shape index (κ3) is 1.39. The molecule has 2 aromatic rings. The maximum absolute atomic E-state index is 6.04. The number of hydrogen-bond acceptors (Lipinski definition) is 4. The molecule has 0 aliphatic carbocycles. The number of H-pyrrole nitrogens is 1. The second-order valence-electron chi connectivity index (χ2n) is 5.08. The Morgan fingerprint density at radius 3 is 2.61 bits per heavy atom. The Morgan fingerprint density at radius 2 is 1.89 bits per heavy atom. The second-order valence-corrected chi connectivity index (χ2v) is 5.41. The van der Waals surface area contributed by atoms with E-state index in [0.717, 1.165) is 55.1 Å². The van der Waals surface area contributed by atoms with Crippen molar-refractivity contribution in [3.63, 3.8) is 0 Å². The van der Waals surface area contributed by atoms with Crippen molar-refractivity contribution < 1.29 is 0 Å². The Labute approximate surface area is 109 Å². The molecule has 2 bridgehead atoms. The highest BCUT2D eigenvalue weighted by Crippen LogP contribution is 2.32. The van der Waals surface area contributed by atoms with Crippen LogP contribution in [0.4, 0.5) is 5.82 Å². The maximum Gasteiger partial charge on any atom is 0.258 e. The number of fused-ring (bicyclic) bond motifs is 4. The Balaban J connectivity index is 1.93. The van der Waals surface area contributed by atoms with Crippen LogP contribution in [0.1, 0.15) is 0 Å². The molecule has 18 heavy (non-hydrogen) atoms. The summed E-state index contributed by atoms with van der Waals surface area (Å²) in [5.41, 5.74) is 1.61. The van der Waals surface area contributed by atoms with Crippen LogP contribution >= 0.6 is 11.6 Å². The summed E-state index contributed by atoms with van der Waals surface area (Å²) in [6, 6.07) is 0. The molecule has 3 saturated heterocycles. The van der Waals surface area contributed by atoms with Crippen LogP contribution in [0.25, 0.3) is 11.2 Å². The maximum atomic E-state index is 6.04. The summed E-state index contributed by atoms with van der Waals surface area (Å²) in [7, 11) is 0. The van der Waals surface area contributed by atoms with Crippen LogP contribution in [0.5, 0.6) is 0 Å². The first-order chi connectivity index (χ1) is 8.77. The minimum absolute atomic E-state index is 0.296. The molecule has 0 aromatic carbocycles. The minimum Gasteiger partial charge on any atom is -0.337 e. The van der Waals surface area contributed by atoms with Gasteiger partial charge < -0.3 is 4.98 Å². The van der Waals surface area contributed by atoms with E-state index in [1.807, 2.05) is 0 Å². The molecule has 0 radical (unpaired) electrons. The average molecular weight is 266 g/mol. The SMILES string of the molecule is Clc1nc([N+]23CCN(CC2)CC3)c2[nH]cnc2n1. The number of aromatic amines is 1. The van der Waals surface area contributed by atoms with Gasteiger partial charge >= 0.3 is 0 Å². The predicted molar refractivity (Wildman–Crippen MR) is 69.5 cm³/mol. The van der Waals surface area contributed by atoms with Gasteiger partial charge in [0.2, 0.25) is 5.28 Å². The number of piperazine rings is 3. The van der Waals surface area contributed by atoms with Crippen LogP contribution in [-0.4, -0.2) is 64.1 Å². The van der Waals surface area contributed by atoms with Crippen molar-refractivity contribution in [1.82, 2.24) is 29.3 Å². The number of hydrogen-bond donors (Lipinski definition) is 1. The predicted octanol–water partition coefficient (Wildman–Crippen LogP) is 0.643. The largest absolute Gasteiger partial charge is 0.337 e. The van der Waals surface area contributed by atoms with Gasteiger partial charge in [0.1, 0.15) is 0 Å². The smallest absolute Gasteiger partial charge is 0.258 e. The molecule has 0 amide bonds. The van der Waals surface area contributed by atoms with Gasteiger partial charge in [-0.3, -0.25) is 9.38 Å². The van der Waals surface area contributed by atoms with Crippen LogP contribution in [0.3, 0.4) is 0 Å². The van der Waals surface area contributed by atoms with Crippen molar-refractivity contribution in [2.24, 2.45) is 0 Å². The van der Waals surface area contributed by atoms with Crippen molar-refractivity contribution in [1.29, 1.82) is 0 Å². The monoisotopic (exact) mass is 265 g/mol. The third-order valence-electron chi connectivity index (χ3n) is 4.22. The molecule has 3 fully saturated rings. The highest BCUT2D eigenvalue weighted by molar-refractivity contribution is 6.28. The first-order valence-corrected chi connectivity index (χ1v) is 6.60. The van der Waals surface area contributed by atoms with Gasteiger partial charge in [-0.1, -0.05) is 0 Å². The molecular weight excluding hydrogens is 252 g/mol. The number of rotatable bonds is 1. The lowest BCUT2D eigenvalue weighted by Crippen LogP contribution is -2.68. The molecular formula is C11H14ClN6+. The molecule has 0 spiro atoms. The number of nitrogens with one attached hydrogen (secondary N) is 1. The lowest BCUT2D eigenvalue weighted by atomic mass is 10.1. The van der Waals surface area contributed by atoms with Gasteiger partial charge in [0.25, 0.3) is 5.82 Å². The fraction of sp³-hybridized carbons (Fsp3) is 0.545. The number of aromatic nitrogens is 4. The topological polar surface area (TPSA) is 57.7 Å². The first kappa shape index (κ1) is 10.7. The molecule has 3 aliphatic heterocycles. The van der Waals surface area contributed by atoms with E-state index in [-0.39, 0.29) is 0 Å². The standard InChI is InChI=1S/C11H14ClN6/c12-11-15-9-8(13-7-14-9)10(16-11)18-4-1-17(2-5-18)3-6-18/h7H,1-6H2,(H,13,14,15,16)/q+1. The van der Waals surface area contributed by atoms with Gasteiger partial charge in [-0.25, -0.2) is 4.98 Å². The van der Waals surface area contributed by atoms with Gasteiger partial charge in [0.15, 0.2) is 11.2 Å². The Hall–Kier alpha value is -1.24. The summed E-state index contributed by atoms with van der Waals surface area (Å²) in [5.74, 6) is 1.02. The van der Waals surface area contributed by atoms with E-state index in [1.165, 1.54) is 0 Å². The number of nitrogens with zero attached hydrogens (tertiary/aromatic N) is 5. The summed E-state index contributed by atoms with van der Waals surface area (Å²) in [6.07, 6.45) is 1.66. The third-order valence-corrected chi connectivity index (χ3v) is 4.39. The molecule has 5 heterocycles. The molecule has 7 heteroatoms. The summed E-state index contributed by atoms with van der Waals surface area (Å²) in [6.45, 7) is 6.70. The highest BCUT2D eigenvalue weighted by Gasteiger charge is 2.43. The minimum atomic E-state index is 0.296. The Kier molecular flexibility index (Phi) is 2.15. The molecule has 0 unspecified atom stereocenters. The quantitative estimate of drug-likeness (QED) is 0.607. The first-order valence-electron chi connectivity index (χ1n) is 6.22. The van der Waals surface area contributed by atoms with Crippen molar-refractivity contribution in [3.8, 4) is 0 Å². The van der Waals surface area contributed by atoms with Crippen molar-refractivity contribution in [3.05, 3.63) is 11.6 Å². The van der Waals surface area contributed by atoms with Gasteiger partial charge in [0, 0.05) is 19.6 Å². The molecule has 94 valence electrons. The van der Waals surface area contributed by atoms with E-state index in [4.69, 9.17) is 11.6 Å². The molecule has 2 aromatic heterocycles. The molecule has 1 N–H and O–H groups in total. The van der Waals surface area contributed by atoms with Crippen LogP contribution in [0.2, 0.25) is 5.28 Å². The zero-order chi connectivity index (χ0) is 12.2. The second kappa shape index (κ2) is 3.63. The van der Waals surface area contributed by atoms with E-state index in [2.05, 4.69) is 24.8 Å². The van der Waals surface area contributed by atoms with E-state index < -0.39 is 0 Å². The zero-order valence-corrected chi connectivity index (χ0v) is 10.7. The van der Waals surface area contributed by atoms with Crippen LogP contribution < -0.4 is 4.48 Å². The molecule has 0 atom stereocenters. The summed E-state index contributed by atoms with van der Waals surface area (Å²) in [5, 5.41) is 0.296. The normalized spacial score (nSPS) is 31.1. The Bertz CT molecular complexity index is 587. The fourth-order valence-corrected chi connectivity index (χ4v) is 3.28. The lowest BCUT2D eigenvalue weighted by molar-refractivity contribution is 0.0665. The summed E-state index contributed by atoms with van der Waals surface area (Å²) < 4.78 is 0.914. The number of halogens is 1. The van der Waals surface area contributed by atoms with Gasteiger partial charge in [-0.2, -0.15) is 9.97 Å². The van der Waals surface area contributed by atoms with E-state index >= 15 is 0 Å². The average Bonchev–Trinajstić information content (AvgIpc) is 2.88. The molecule has 5 rings (SSSR count). The summed E-state index contributed by atoms with van der Waals surface area (Å²) in [4.78, 5) is 18.5. The van der Waals surface area contributed by atoms with E-state index in [1.54, 1.807) is 6.33 Å². The number of imidazole rings is 1. The van der Waals surface area contributed by atoms with Crippen LogP contribution in [0.15, 0.2) is 6.33 Å². The van der Waals surface area contributed by atoms with Crippen LogP contribution in [-0.2, 0) is 0 Å². The van der Waals surface area contributed by atoms with Gasteiger partial charge in [0.05, 0.1) is 26.0 Å². The fourth-order valence-electron chi connectivity index (χ4n) is 3.12. The molecule has 0 saturated carbocycles. The molecule has 6 nitrogen and oxygen atoms in total. The number of quaternary nitrogens is 1. The molecule has 3 aliphatic rings. The van der Waals surface area contributed by atoms with Crippen LogP contribution in [0, 0.1) is 0 Å². The Morgan fingerprint density at radius 1 is 1.17 bits per heavy atom. The van der Waals surface area contributed by atoms with Gasteiger partial charge in [-0.05, 0) is 11.6 Å². The van der Waals surface area contributed by atoms with Crippen molar-refractivity contribution in [2.75, 3.05) is 39.3 Å². The van der Waals surface area contributed by atoms with Crippen molar-refractivity contribution in [2.45, 2.75) is 0 Å². The van der Waals surface area contributed by atoms with E-state index in [0.29, 0.717) is 10.9 Å². The van der Waals surface area contributed by atoms with Crippen molar-refractivity contribution >= 4 is 28.6 Å². The lowest BCUT2D eigenvalue weighted by Gasteiger charge is -2.49. The highest BCUT2D eigenvalue weighted by atomic mass is 35.5. The van der Waals surface area contributed by atoms with E-state index in [9.17, 15) is 0 Å². The zero-order valence-electron chi connectivity index (χ0n) is 9.93. The van der Waals surface area contributed by atoms with Gasteiger partial charge in [-0.15, -0.1) is 0 Å². The summed E-state index contributed by atoms with van der Waals surface area (Å²) >= 11 is 6.04.